The summed E-state index contributed by atoms with van der Waals surface area (Å²) in [5.74, 6) is 6.67. The number of fused-ring (bicyclic) bond motifs is 5. The van der Waals surface area contributed by atoms with Crippen molar-refractivity contribution in [1.29, 1.82) is 0 Å². The molecule has 18 rings (SSSR count). The third kappa shape index (κ3) is 8.82. The van der Waals surface area contributed by atoms with Crippen molar-refractivity contribution in [3.63, 3.8) is 0 Å². The van der Waals surface area contributed by atoms with Gasteiger partial charge in [0.25, 0.3) is 0 Å². The Hall–Kier alpha value is -10.0. The third-order valence-electron chi connectivity index (χ3n) is 20.2. The van der Waals surface area contributed by atoms with Crippen LogP contribution >= 0.6 is 0 Å². The number of nitrogens with zero attached hydrogens (tertiary/aromatic N) is 6. The van der Waals surface area contributed by atoms with Gasteiger partial charge in [0.15, 0.2) is 34.9 Å². The molecule has 0 N–H and O–H groups in total. The van der Waals surface area contributed by atoms with Gasteiger partial charge in [-0.3, -0.25) is 0 Å². The topological polar surface area (TPSA) is 77.3 Å². The number of rotatable bonds is 9. The minimum Gasteiger partial charge on any atom is -0.208 e. The monoisotopic (exact) mass is 1130 g/mol. The van der Waals surface area contributed by atoms with Crippen molar-refractivity contribution in [2.75, 3.05) is 0 Å². The zero-order valence-corrected chi connectivity index (χ0v) is 50.0. The Kier molecular flexibility index (Phi) is 12.2. The van der Waals surface area contributed by atoms with E-state index in [1.807, 2.05) is 0 Å². The summed E-state index contributed by atoms with van der Waals surface area (Å²) in [6.45, 7) is 8.46. The van der Waals surface area contributed by atoms with E-state index in [1.54, 1.807) is 5.56 Å². The summed E-state index contributed by atoms with van der Waals surface area (Å²) in [6.07, 6.45) is 6.70. The summed E-state index contributed by atoms with van der Waals surface area (Å²) in [6, 6.07) is 84.8. The van der Waals surface area contributed by atoms with E-state index in [0.717, 1.165) is 94.6 Å². The molecule has 0 aliphatic heterocycles. The lowest BCUT2D eigenvalue weighted by Gasteiger charge is -2.61. The fourth-order valence-corrected chi connectivity index (χ4v) is 16.1. The van der Waals surface area contributed by atoms with E-state index in [-0.39, 0.29) is 5.41 Å². The molecule has 13 aromatic rings. The molecule has 0 radical (unpaired) electrons. The van der Waals surface area contributed by atoms with Crippen LogP contribution in [0.5, 0.6) is 0 Å². The van der Waals surface area contributed by atoms with E-state index in [1.165, 1.54) is 76.6 Å². The van der Waals surface area contributed by atoms with Crippen molar-refractivity contribution in [3.05, 3.63) is 264 Å². The standard InChI is InChI=1S/C82H64N6/c1-48-17-25-54(26-18-48)76-83-77(55-27-19-49(2)20-28-55)86-80(85-76)72-45-60-13-7-5-11-58(60)43-70(72)64-40-63(62-33-34-69-68-15-9-10-16-74(68)82(75(69)47-62)66-36-52-35-53(38-66)39-67(82)37-52)41-65(42-64)71-44-59-12-6-8-14-61(59)46-73(71)81-87-78(56-29-21-50(3)22-30-56)84-79(88-81)57-31-23-51(4)24-32-57/h5-34,40-47,52-53,66-67H,35-39H2,1-4H3. The van der Waals surface area contributed by atoms with E-state index in [9.17, 15) is 0 Å². The number of hydrogen-bond acceptors (Lipinski definition) is 6. The van der Waals surface area contributed by atoms with Gasteiger partial charge in [-0.2, -0.15) is 0 Å². The van der Waals surface area contributed by atoms with Gasteiger partial charge in [-0.1, -0.05) is 204 Å². The molecule has 5 aliphatic rings. The van der Waals surface area contributed by atoms with Gasteiger partial charge in [0.1, 0.15) is 0 Å². The van der Waals surface area contributed by atoms with Crippen LogP contribution in [0.15, 0.2) is 231 Å². The second-order valence-corrected chi connectivity index (χ2v) is 25.8. The summed E-state index contributed by atoms with van der Waals surface area (Å²) in [5, 5.41) is 4.46. The van der Waals surface area contributed by atoms with Crippen molar-refractivity contribution in [3.8, 4) is 113 Å². The van der Waals surface area contributed by atoms with Crippen LogP contribution in [-0.4, -0.2) is 29.9 Å². The van der Waals surface area contributed by atoms with Crippen LogP contribution in [0.25, 0.3) is 134 Å². The molecule has 422 valence electrons. The zero-order chi connectivity index (χ0) is 58.8. The minimum atomic E-state index is -0.00117. The van der Waals surface area contributed by atoms with Crippen molar-refractivity contribution in [1.82, 2.24) is 29.9 Å². The lowest BCUT2D eigenvalue weighted by atomic mass is 9.43. The molecular weight excluding hydrogens is 1070 g/mol. The quantitative estimate of drug-likeness (QED) is 0.143. The Morgan fingerprint density at radius 1 is 0.250 bits per heavy atom. The van der Waals surface area contributed by atoms with E-state index < -0.39 is 0 Å². The van der Waals surface area contributed by atoms with E-state index in [0.29, 0.717) is 46.8 Å². The van der Waals surface area contributed by atoms with Crippen LogP contribution in [0.1, 0.15) is 65.5 Å². The van der Waals surface area contributed by atoms with Gasteiger partial charge in [0.05, 0.1) is 0 Å². The maximum atomic E-state index is 5.46. The zero-order valence-electron chi connectivity index (χ0n) is 50.0. The molecule has 0 saturated heterocycles. The first kappa shape index (κ1) is 52.3. The van der Waals surface area contributed by atoms with E-state index in [4.69, 9.17) is 29.9 Å². The van der Waals surface area contributed by atoms with E-state index in [2.05, 4.69) is 258 Å². The van der Waals surface area contributed by atoms with Crippen LogP contribution in [-0.2, 0) is 5.41 Å². The fourth-order valence-electron chi connectivity index (χ4n) is 16.1. The molecule has 11 aromatic carbocycles. The second kappa shape index (κ2) is 20.6. The van der Waals surface area contributed by atoms with Crippen LogP contribution in [0.4, 0.5) is 0 Å². The van der Waals surface area contributed by atoms with Gasteiger partial charge in [0, 0.05) is 38.8 Å². The molecule has 88 heavy (non-hydrogen) atoms. The van der Waals surface area contributed by atoms with Crippen LogP contribution in [0.3, 0.4) is 0 Å². The second-order valence-electron chi connectivity index (χ2n) is 25.8. The van der Waals surface area contributed by atoms with Crippen LogP contribution < -0.4 is 0 Å². The SMILES string of the molecule is Cc1ccc(-c2nc(-c3ccc(C)cc3)nc(-c3cc4ccccc4cc3-c3cc(-c4ccc5c(c4)C4(c6ccccc6-5)C5CC6CC(C5)CC4C6)cc(-c4cc5ccccc5cc4-c4nc(-c5ccc(C)cc5)nc(-c5ccc(C)cc5)n4)c3)n2)cc1. The average Bonchev–Trinajstić information content (AvgIpc) is 1.49. The molecule has 6 nitrogen and oxygen atoms in total. The highest BCUT2D eigenvalue weighted by atomic mass is 15.0. The van der Waals surface area contributed by atoms with E-state index >= 15 is 0 Å². The number of aromatic nitrogens is 6. The molecule has 4 bridgehead atoms. The Labute approximate surface area is 514 Å². The molecule has 0 amide bonds. The smallest absolute Gasteiger partial charge is 0.164 e. The molecule has 6 heteroatoms. The van der Waals surface area contributed by atoms with Gasteiger partial charge in [-0.15, -0.1) is 0 Å². The summed E-state index contributed by atoms with van der Waals surface area (Å²) >= 11 is 0. The molecule has 2 heterocycles. The van der Waals surface area contributed by atoms with Gasteiger partial charge in [0.2, 0.25) is 0 Å². The maximum absolute atomic E-state index is 5.46. The summed E-state index contributed by atoms with van der Waals surface area (Å²) < 4.78 is 0. The van der Waals surface area contributed by atoms with Crippen molar-refractivity contribution < 1.29 is 0 Å². The summed E-state index contributed by atoms with van der Waals surface area (Å²) in [7, 11) is 0. The molecule has 5 aliphatic carbocycles. The normalized spacial score (nSPS) is 18.7. The predicted octanol–water partition coefficient (Wildman–Crippen LogP) is 20.3. The first-order valence-corrected chi connectivity index (χ1v) is 31.4. The largest absolute Gasteiger partial charge is 0.208 e. The number of benzene rings is 11. The van der Waals surface area contributed by atoms with Crippen LogP contribution in [0, 0.1) is 51.4 Å². The van der Waals surface area contributed by atoms with Gasteiger partial charge < -0.3 is 0 Å². The molecule has 0 unspecified atom stereocenters. The first-order valence-electron chi connectivity index (χ1n) is 31.4. The Balaban J connectivity index is 0.937. The van der Waals surface area contributed by atoms with Gasteiger partial charge in [-0.25, -0.2) is 29.9 Å². The Bertz CT molecular complexity index is 4550. The van der Waals surface area contributed by atoms with Crippen molar-refractivity contribution in [2.24, 2.45) is 23.7 Å². The molecular formula is C82H64N6. The number of aryl methyl sites for hydroxylation is 4. The molecule has 2 aromatic heterocycles. The van der Waals surface area contributed by atoms with Gasteiger partial charge >= 0.3 is 0 Å². The van der Waals surface area contributed by atoms with Crippen LogP contribution in [0.2, 0.25) is 0 Å². The minimum absolute atomic E-state index is 0.00117. The molecule has 0 atom stereocenters. The lowest BCUT2D eigenvalue weighted by molar-refractivity contribution is -0.0399. The lowest BCUT2D eigenvalue weighted by Crippen LogP contribution is -2.55. The van der Waals surface area contributed by atoms with Crippen molar-refractivity contribution in [2.45, 2.75) is 65.2 Å². The molecule has 4 saturated carbocycles. The van der Waals surface area contributed by atoms with Crippen molar-refractivity contribution >= 4 is 21.5 Å². The number of hydrogen-bond donors (Lipinski definition) is 0. The Morgan fingerprint density at radius 2 is 0.580 bits per heavy atom. The highest BCUT2D eigenvalue weighted by Crippen LogP contribution is 2.69. The third-order valence-corrected chi connectivity index (χ3v) is 20.2. The Morgan fingerprint density at radius 3 is 0.989 bits per heavy atom. The molecule has 1 spiro atoms. The summed E-state index contributed by atoms with van der Waals surface area (Å²) in [5.41, 5.74) is 22.7. The van der Waals surface area contributed by atoms with Gasteiger partial charge in [-0.05, 0) is 209 Å². The highest BCUT2D eigenvalue weighted by Gasteiger charge is 2.61. The maximum Gasteiger partial charge on any atom is 0.164 e. The fraction of sp³-hybridized carbons (Fsp3) is 0.171. The first-order chi connectivity index (χ1) is 43.1. The molecule has 4 fully saturated rings. The predicted molar refractivity (Wildman–Crippen MR) is 359 cm³/mol. The average molecular weight is 1130 g/mol. The summed E-state index contributed by atoms with van der Waals surface area (Å²) in [4.78, 5) is 32.3. The highest BCUT2D eigenvalue weighted by molar-refractivity contribution is 6.00.